The summed E-state index contributed by atoms with van der Waals surface area (Å²) in [6.07, 6.45) is 0.933. The van der Waals surface area contributed by atoms with Crippen molar-refractivity contribution in [3.63, 3.8) is 0 Å². The topological polar surface area (TPSA) is 25.2 Å². The fourth-order valence-corrected chi connectivity index (χ4v) is 2.65. The summed E-state index contributed by atoms with van der Waals surface area (Å²) in [5.74, 6) is 1.91. The maximum Gasteiger partial charge on any atom is 0.123 e. The molecular weight excluding hydrogens is 294 g/mol. The predicted molar refractivity (Wildman–Crippen MR) is 103 cm³/mol. The number of aryl methyl sites for hydroxylation is 2. The second-order valence-corrected chi connectivity index (χ2v) is 5.69. The minimum atomic E-state index is 0.707. The van der Waals surface area contributed by atoms with E-state index in [1.54, 1.807) is 0 Å². The first-order valence-corrected chi connectivity index (χ1v) is 8.63. The lowest BCUT2D eigenvalue weighted by Gasteiger charge is -2.11. The van der Waals surface area contributed by atoms with E-state index in [4.69, 9.17) is 4.42 Å². The molecule has 0 radical (unpaired) electrons. The number of hydrogen-bond acceptors (Lipinski definition) is 2. The molecule has 1 aromatic heterocycles. The van der Waals surface area contributed by atoms with Gasteiger partial charge in [-0.15, -0.1) is 0 Å². The number of rotatable bonds is 5. The normalized spacial score (nSPS) is 10.0. The van der Waals surface area contributed by atoms with Gasteiger partial charge >= 0.3 is 0 Å². The van der Waals surface area contributed by atoms with E-state index in [0.717, 1.165) is 23.6 Å². The Bertz CT molecular complexity index is 758. The molecule has 0 aliphatic rings. The van der Waals surface area contributed by atoms with Gasteiger partial charge in [0, 0.05) is 5.69 Å². The Morgan fingerprint density at radius 1 is 0.875 bits per heavy atom. The van der Waals surface area contributed by atoms with E-state index < -0.39 is 0 Å². The number of nitrogens with one attached hydrogen (secondary N) is 1. The molecule has 0 unspecified atom stereocenters. The van der Waals surface area contributed by atoms with Gasteiger partial charge in [-0.1, -0.05) is 61.9 Å². The van der Waals surface area contributed by atoms with Gasteiger partial charge in [0.25, 0.3) is 0 Å². The van der Waals surface area contributed by atoms with E-state index in [0.29, 0.717) is 6.54 Å². The molecule has 1 N–H and O–H groups in total. The van der Waals surface area contributed by atoms with Crippen LogP contribution in [0.5, 0.6) is 0 Å². The lowest BCUT2D eigenvalue weighted by atomic mass is 10.0. The van der Waals surface area contributed by atoms with Crippen LogP contribution in [-0.4, -0.2) is 0 Å². The van der Waals surface area contributed by atoms with Gasteiger partial charge in [-0.3, -0.25) is 0 Å². The number of hydrogen-bond donors (Lipinski definition) is 1. The monoisotopic (exact) mass is 321 g/mol. The Morgan fingerprint density at radius 2 is 1.67 bits per heavy atom. The standard InChI is InChI=1S/C20H21NO.C2H6/c1-15-6-5-7-17(12-15)13-18-8-3-4-9-20(18)21-14-19-11-10-16(2)22-19;1-2/h3-12,21H,13-14H2,1-2H3;1-2H3. The fraction of sp³-hybridized carbons (Fsp3) is 0.273. The highest BCUT2D eigenvalue weighted by Crippen LogP contribution is 2.20. The molecule has 0 fully saturated rings. The summed E-state index contributed by atoms with van der Waals surface area (Å²) in [6.45, 7) is 8.81. The van der Waals surface area contributed by atoms with Crippen LogP contribution in [0.2, 0.25) is 0 Å². The highest BCUT2D eigenvalue weighted by Gasteiger charge is 2.05. The maximum atomic E-state index is 5.62. The minimum Gasteiger partial charge on any atom is -0.465 e. The lowest BCUT2D eigenvalue weighted by molar-refractivity contribution is 0.490. The zero-order valence-corrected chi connectivity index (χ0v) is 15.1. The van der Waals surface area contributed by atoms with E-state index in [-0.39, 0.29) is 0 Å². The Kier molecular flexibility index (Phi) is 6.68. The molecular formula is C22H27NO. The maximum absolute atomic E-state index is 5.62. The van der Waals surface area contributed by atoms with Crippen molar-refractivity contribution < 1.29 is 4.42 Å². The third-order valence-corrected chi connectivity index (χ3v) is 3.74. The Hall–Kier alpha value is -2.48. The van der Waals surface area contributed by atoms with Gasteiger partial charge in [0.15, 0.2) is 0 Å². The average Bonchev–Trinajstić information content (AvgIpc) is 3.01. The first-order chi connectivity index (χ1) is 11.7. The molecule has 126 valence electrons. The van der Waals surface area contributed by atoms with Crippen molar-refractivity contribution in [3.05, 3.63) is 88.9 Å². The van der Waals surface area contributed by atoms with E-state index in [2.05, 4.69) is 60.8 Å². The molecule has 24 heavy (non-hydrogen) atoms. The van der Waals surface area contributed by atoms with Crippen molar-refractivity contribution in [2.24, 2.45) is 0 Å². The van der Waals surface area contributed by atoms with Gasteiger partial charge in [0.1, 0.15) is 11.5 Å². The molecule has 0 amide bonds. The van der Waals surface area contributed by atoms with Crippen LogP contribution in [0.3, 0.4) is 0 Å². The van der Waals surface area contributed by atoms with Gasteiger partial charge in [-0.25, -0.2) is 0 Å². The van der Waals surface area contributed by atoms with Crippen LogP contribution >= 0.6 is 0 Å². The summed E-state index contributed by atoms with van der Waals surface area (Å²) in [6, 6.07) is 21.1. The van der Waals surface area contributed by atoms with Crippen LogP contribution < -0.4 is 5.32 Å². The van der Waals surface area contributed by atoms with E-state index in [1.807, 2.05) is 32.9 Å². The fourth-order valence-electron chi connectivity index (χ4n) is 2.65. The third-order valence-electron chi connectivity index (χ3n) is 3.74. The molecule has 2 heteroatoms. The van der Waals surface area contributed by atoms with Crippen LogP contribution in [0, 0.1) is 13.8 Å². The molecule has 0 atom stereocenters. The van der Waals surface area contributed by atoms with Gasteiger partial charge in [0.05, 0.1) is 6.54 Å². The molecule has 0 saturated carbocycles. The molecule has 0 saturated heterocycles. The van der Waals surface area contributed by atoms with Crippen molar-refractivity contribution in [2.75, 3.05) is 5.32 Å². The van der Waals surface area contributed by atoms with Gasteiger partial charge in [0.2, 0.25) is 0 Å². The van der Waals surface area contributed by atoms with Crippen molar-refractivity contribution in [1.29, 1.82) is 0 Å². The summed E-state index contributed by atoms with van der Waals surface area (Å²) < 4.78 is 5.62. The van der Waals surface area contributed by atoms with Crippen molar-refractivity contribution in [1.82, 2.24) is 0 Å². The summed E-state index contributed by atoms with van der Waals surface area (Å²) in [7, 11) is 0. The third kappa shape index (κ3) is 5.02. The van der Waals surface area contributed by atoms with Crippen molar-refractivity contribution >= 4 is 5.69 Å². The second-order valence-electron chi connectivity index (χ2n) is 5.69. The summed E-state index contributed by atoms with van der Waals surface area (Å²) >= 11 is 0. The first kappa shape index (κ1) is 17.9. The van der Waals surface area contributed by atoms with Gasteiger partial charge in [-0.2, -0.15) is 0 Å². The van der Waals surface area contributed by atoms with Crippen LogP contribution in [0.15, 0.2) is 65.1 Å². The molecule has 0 bridgehead atoms. The summed E-state index contributed by atoms with van der Waals surface area (Å²) in [4.78, 5) is 0. The Balaban J connectivity index is 0.00000100. The Morgan fingerprint density at radius 3 is 2.38 bits per heavy atom. The highest BCUT2D eigenvalue weighted by atomic mass is 16.3. The largest absolute Gasteiger partial charge is 0.465 e. The second kappa shape index (κ2) is 8.97. The molecule has 2 aromatic carbocycles. The van der Waals surface area contributed by atoms with E-state index in [9.17, 15) is 0 Å². The van der Waals surface area contributed by atoms with Gasteiger partial charge < -0.3 is 9.73 Å². The quantitative estimate of drug-likeness (QED) is 0.612. The number of anilines is 1. The van der Waals surface area contributed by atoms with Crippen molar-refractivity contribution in [2.45, 2.75) is 40.7 Å². The summed E-state index contributed by atoms with van der Waals surface area (Å²) in [5, 5.41) is 3.48. The van der Waals surface area contributed by atoms with Crippen LogP contribution in [-0.2, 0) is 13.0 Å². The molecule has 0 aliphatic carbocycles. The molecule has 3 rings (SSSR count). The first-order valence-electron chi connectivity index (χ1n) is 8.63. The van der Waals surface area contributed by atoms with Crippen molar-refractivity contribution in [3.8, 4) is 0 Å². The van der Waals surface area contributed by atoms with Crippen LogP contribution in [0.4, 0.5) is 5.69 Å². The average molecular weight is 321 g/mol. The lowest BCUT2D eigenvalue weighted by Crippen LogP contribution is -2.02. The number of furan rings is 1. The smallest absolute Gasteiger partial charge is 0.123 e. The van der Waals surface area contributed by atoms with Crippen LogP contribution in [0.25, 0.3) is 0 Å². The van der Waals surface area contributed by atoms with E-state index in [1.165, 1.54) is 16.7 Å². The zero-order valence-electron chi connectivity index (χ0n) is 15.1. The highest BCUT2D eigenvalue weighted by molar-refractivity contribution is 5.53. The molecule has 3 aromatic rings. The SMILES string of the molecule is CC.Cc1cccc(Cc2ccccc2NCc2ccc(C)o2)c1. The van der Waals surface area contributed by atoms with E-state index >= 15 is 0 Å². The Labute approximate surface area is 145 Å². The predicted octanol–water partition coefficient (Wildman–Crippen LogP) is 6.13. The molecule has 1 heterocycles. The zero-order chi connectivity index (χ0) is 17.4. The minimum absolute atomic E-state index is 0.707. The molecule has 0 spiro atoms. The van der Waals surface area contributed by atoms with Crippen LogP contribution in [0.1, 0.15) is 42.1 Å². The number of para-hydroxylation sites is 1. The van der Waals surface area contributed by atoms with Gasteiger partial charge in [-0.05, 0) is 49.6 Å². The number of benzene rings is 2. The molecule has 2 nitrogen and oxygen atoms in total. The molecule has 0 aliphatic heterocycles. The summed E-state index contributed by atoms with van der Waals surface area (Å²) in [5.41, 5.74) is 5.10.